The summed E-state index contributed by atoms with van der Waals surface area (Å²) in [4.78, 5) is 19.1. The van der Waals surface area contributed by atoms with Crippen molar-refractivity contribution in [2.45, 2.75) is 38.8 Å². The van der Waals surface area contributed by atoms with Crippen molar-refractivity contribution in [2.24, 2.45) is 0 Å². The first-order valence-corrected chi connectivity index (χ1v) is 9.56. The van der Waals surface area contributed by atoms with Gasteiger partial charge in [-0.1, -0.05) is 11.2 Å². The van der Waals surface area contributed by atoms with Gasteiger partial charge in [0.1, 0.15) is 0 Å². The summed E-state index contributed by atoms with van der Waals surface area (Å²) >= 11 is 0. The predicted octanol–water partition coefficient (Wildman–Crippen LogP) is 3.91. The van der Waals surface area contributed by atoms with Crippen molar-refractivity contribution in [3.05, 3.63) is 59.0 Å². The summed E-state index contributed by atoms with van der Waals surface area (Å²) in [5.74, 6) is 0.808. The zero-order chi connectivity index (χ0) is 21.5. The molecule has 0 bridgehead atoms. The van der Waals surface area contributed by atoms with Gasteiger partial charge in [-0.25, -0.2) is 4.68 Å². The second-order valence-electron chi connectivity index (χ2n) is 7.37. The lowest BCUT2D eigenvalue weighted by molar-refractivity contribution is -0.137. The van der Waals surface area contributed by atoms with Crippen molar-refractivity contribution in [3.8, 4) is 5.69 Å². The standard InChI is InChI=1S/C20H20F3N5O2/c1-12-17(10-24-28(12)16-7-3-6-15(9-16)20(21,22)23)19(29)27-8-4-5-14(11-27)18-25-13(2)26-30-18/h3,6-7,9-10,14H,4-5,8,11H2,1-2H3/t14-/m0/s1. The molecule has 4 rings (SSSR count). The van der Waals surface area contributed by atoms with Gasteiger partial charge in [-0.15, -0.1) is 0 Å². The van der Waals surface area contributed by atoms with Crippen LogP contribution in [0.2, 0.25) is 0 Å². The van der Waals surface area contributed by atoms with Crippen molar-refractivity contribution in [3.63, 3.8) is 0 Å². The first-order valence-electron chi connectivity index (χ1n) is 9.56. The van der Waals surface area contributed by atoms with Gasteiger partial charge in [0.2, 0.25) is 5.89 Å². The second kappa shape index (κ2) is 7.58. The molecular formula is C20H20F3N5O2. The Labute approximate surface area is 170 Å². The number of benzene rings is 1. The maximum atomic E-state index is 13.1. The summed E-state index contributed by atoms with van der Waals surface area (Å²) < 4.78 is 45.7. The molecule has 3 heterocycles. The molecule has 0 aliphatic carbocycles. The van der Waals surface area contributed by atoms with Crippen molar-refractivity contribution in [2.75, 3.05) is 13.1 Å². The normalized spacial score (nSPS) is 17.4. The van der Waals surface area contributed by atoms with E-state index in [1.807, 2.05) is 0 Å². The minimum atomic E-state index is -4.45. The van der Waals surface area contributed by atoms with Crippen LogP contribution in [0.1, 0.15) is 52.1 Å². The van der Waals surface area contributed by atoms with Crippen LogP contribution < -0.4 is 0 Å². The van der Waals surface area contributed by atoms with E-state index in [1.54, 1.807) is 18.7 Å². The largest absolute Gasteiger partial charge is 0.416 e. The average molecular weight is 419 g/mol. The highest BCUT2D eigenvalue weighted by molar-refractivity contribution is 5.95. The SMILES string of the molecule is Cc1noc([C@H]2CCCN(C(=O)c3cnn(-c4cccc(C(F)(F)F)c4)c3C)C2)n1. The summed E-state index contributed by atoms with van der Waals surface area (Å²) in [6, 6.07) is 4.87. The number of carbonyl (C=O) groups excluding carboxylic acids is 1. The van der Waals surface area contributed by atoms with Crippen LogP contribution in [0.3, 0.4) is 0 Å². The molecule has 10 heteroatoms. The van der Waals surface area contributed by atoms with Crippen molar-refractivity contribution >= 4 is 5.91 Å². The fraction of sp³-hybridized carbons (Fsp3) is 0.400. The van der Waals surface area contributed by atoms with E-state index in [4.69, 9.17) is 4.52 Å². The van der Waals surface area contributed by atoms with Crippen molar-refractivity contribution in [1.82, 2.24) is 24.8 Å². The highest BCUT2D eigenvalue weighted by Gasteiger charge is 2.32. The molecule has 1 aliphatic rings. The van der Waals surface area contributed by atoms with E-state index in [0.717, 1.165) is 25.0 Å². The van der Waals surface area contributed by atoms with Gasteiger partial charge in [-0.05, 0) is 44.9 Å². The molecule has 1 atom stereocenters. The Hall–Kier alpha value is -3.17. The molecule has 2 aromatic heterocycles. The summed E-state index contributed by atoms with van der Waals surface area (Å²) in [6.07, 6.45) is -1.42. The van der Waals surface area contributed by atoms with Gasteiger partial charge in [0, 0.05) is 13.1 Å². The van der Waals surface area contributed by atoms with Crippen molar-refractivity contribution in [1.29, 1.82) is 0 Å². The van der Waals surface area contributed by atoms with Crippen LogP contribution in [0, 0.1) is 13.8 Å². The molecule has 158 valence electrons. The number of amides is 1. The maximum Gasteiger partial charge on any atom is 0.416 e. The molecule has 0 spiro atoms. The Morgan fingerprint density at radius 1 is 1.27 bits per heavy atom. The third-order valence-electron chi connectivity index (χ3n) is 5.26. The van der Waals surface area contributed by atoms with Crippen LogP contribution in [-0.2, 0) is 6.18 Å². The number of aryl methyl sites for hydroxylation is 1. The van der Waals surface area contributed by atoms with Crippen LogP contribution >= 0.6 is 0 Å². The Morgan fingerprint density at radius 2 is 2.07 bits per heavy atom. The number of halogens is 3. The Morgan fingerprint density at radius 3 is 2.77 bits per heavy atom. The highest BCUT2D eigenvalue weighted by atomic mass is 19.4. The van der Waals surface area contributed by atoms with Crippen LogP contribution in [0.15, 0.2) is 35.0 Å². The van der Waals surface area contributed by atoms with Crippen molar-refractivity contribution < 1.29 is 22.5 Å². The van der Waals surface area contributed by atoms with Gasteiger partial charge in [-0.2, -0.15) is 23.3 Å². The van der Waals surface area contributed by atoms with E-state index in [1.165, 1.54) is 23.0 Å². The monoisotopic (exact) mass is 419 g/mol. The highest BCUT2D eigenvalue weighted by Crippen LogP contribution is 2.31. The molecule has 1 fully saturated rings. The molecule has 1 aromatic carbocycles. The molecule has 3 aromatic rings. The van der Waals surface area contributed by atoms with E-state index in [9.17, 15) is 18.0 Å². The number of carbonyl (C=O) groups is 1. The second-order valence-corrected chi connectivity index (χ2v) is 7.37. The molecule has 0 saturated carbocycles. The maximum absolute atomic E-state index is 13.1. The molecule has 1 aliphatic heterocycles. The molecule has 1 saturated heterocycles. The van der Waals surface area contributed by atoms with E-state index in [-0.39, 0.29) is 17.5 Å². The lowest BCUT2D eigenvalue weighted by Crippen LogP contribution is -2.39. The molecule has 0 unspecified atom stereocenters. The minimum absolute atomic E-state index is 0.0391. The van der Waals surface area contributed by atoms with Gasteiger partial charge in [0.15, 0.2) is 5.82 Å². The van der Waals surface area contributed by atoms with E-state index in [2.05, 4.69) is 15.2 Å². The summed E-state index contributed by atoms with van der Waals surface area (Å²) in [5.41, 5.74) is 0.320. The predicted molar refractivity (Wildman–Crippen MR) is 100 cm³/mol. The zero-order valence-corrected chi connectivity index (χ0v) is 16.5. The van der Waals surface area contributed by atoms with Crippen LogP contribution in [0.5, 0.6) is 0 Å². The third-order valence-corrected chi connectivity index (χ3v) is 5.26. The zero-order valence-electron chi connectivity index (χ0n) is 16.5. The summed E-state index contributed by atoms with van der Waals surface area (Å²) in [7, 11) is 0. The van der Waals surface area contributed by atoms with E-state index in [0.29, 0.717) is 36.1 Å². The lowest BCUT2D eigenvalue weighted by Gasteiger charge is -2.31. The van der Waals surface area contributed by atoms with E-state index < -0.39 is 11.7 Å². The third kappa shape index (κ3) is 3.81. The Kier molecular flexibility index (Phi) is 5.08. The lowest BCUT2D eigenvalue weighted by atomic mass is 9.97. The fourth-order valence-corrected chi connectivity index (χ4v) is 3.71. The van der Waals surface area contributed by atoms with E-state index >= 15 is 0 Å². The van der Waals surface area contributed by atoms with Crippen LogP contribution in [0.25, 0.3) is 5.69 Å². The molecule has 0 N–H and O–H groups in total. The molecule has 30 heavy (non-hydrogen) atoms. The number of aromatic nitrogens is 4. The molecular weight excluding hydrogens is 399 g/mol. The number of alkyl halides is 3. The first-order chi connectivity index (χ1) is 14.2. The number of hydrogen-bond donors (Lipinski definition) is 0. The Bertz CT molecular complexity index is 1070. The van der Waals surface area contributed by atoms with Crippen LogP contribution in [-0.4, -0.2) is 43.8 Å². The summed E-state index contributed by atoms with van der Waals surface area (Å²) in [6.45, 7) is 4.43. The minimum Gasteiger partial charge on any atom is -0.339 e. The van der Waals surface area contributed by atoms with Gasteiger partial charge >= 0.3 is 6.18 Å². The molecule has 1 amide bonds. The van der Waals surface area contributed by atoms with Gasteiger partial charge in [-0.3, -0.25) is 4.79 Å². The fourth-order valence-electron chi connectivity index (χ4n) is 3.71. The number of hydrogen-bond acceptors (Lipinski definition) is 5. The molecule has 0 radical (unpaired) electrons. The number of piperidine rings is 1. The van der Waals surface area contributed by atoms with Gasteiger partial charge < -0.3 is 9.42 Å². The number of nitrogens with zero attached hydrogens (tertiary/aromatic N) is 5. The Balaban J connectivity index is 1.57. The van der Waals surface area contributed by atoms with Crippen LogP contribution in [0.4, 0.5) is 13.2 Å². The van der Waals surface area contributed by atoms with Gasteiger partial charge in [0.25, 0.3) is 5.91 Å². The number of rotatable bonds is 3. The molecule has 7 nitrogen and oxygen atoms in total. The van der Waals surface area contributed by atoms with Gasteiger partial charge in [0.05, 0.1) is 34.6 Å². The topological polar surface area (TPSA) is 77.0 Å². The smallest absolute Gasteiger partial charge is 0.339 e. The number of likely N-dealkylation sites (tertiary alicyclic amines) is 1. The first kappa shape index (κ1) is 20.1. The average Bonchev–Trinajstić information content (AvgIpc) is 3.33. The quantitative estimate of drug-likeness (QED) is 0.643. The summed E-state index contributed by atoms with van der Waals surface area (Å²) in [5, 5.41) is 7.98.